The number of hydrogen-bond donors (Lipinski definition) is 2. The van der Waals surface area contributed by atoms with Crippen molar-refractivity contribution in [1.29, 1.82) is 0 Å². The molecule has 1 aromatic carbocycles. The maximum atomic E-state index is 12.1. The quantitative estimate of drug-likeness (QED) is 0.761. The number of likely N-dealkylation sites (N-methyl/N-ethyl adjacent to an activating group) is 1. The Morgan fingerprint density at radius 2 is 2.17 bits per heavy atom. The van der Waals surface area contributed by atoms with Gasteiger partial charge < -0.3 is 11.1 Å². The molecule has 4 nitrogen and oxygen atoms in total. The van der Waals surface area contributed by atoms with Crippen LogP contribution in [-0.2, 0) is 4.79 Å². The van der Waals surface area contributed by atoms with Crippen molar-refractivity contribution in [2.45, 2.75) is 33.2 Å². The van der Waals surface area contributed by atoms with E-state index in [0.717, 1.165) is 25.2 Å². The number of carbonyl (C=O) groups is 1. The van der Waals surface area contributed by atoms with E-state index in [1.165, 1.54) is 0 Å². The largest absolute Gasteiger partial charge is 0.399 e. The van der Waals surface area contributed by atoms with E-state index in [9.17, 15) is 4.79 Å². The molecule has 0 radical (unpaired) electrons. The van der Waals surface area contributed by atoms with Gasteiger partial charge in [0.05, 0.1) is 6.04 Å². The zero-order valence-electron chi connectivity index (χ0n) is 11.4. The van der Waals surface area contributed by atoms with Crippen molar-refractivity contribution in [3.05, 3.63) is 24.3 Å². The summed E-state index contributed by atoms with van der Waals surface area (Å²) < 4.78 is 0. The molecule has 0 heterocycles. The van der Waals surface area contributed by atoms with Gasteiger partial charge in [0.1, 0.15) is 0 Å². The average molecular weight is 249 g/mol. The number of nitrogens with zero attached hydrogens (tertiary/aromatic N) is 1. The molecule has 0 aliphatic rings. The van der Waals surface area contributed by atoms with E-state index < -0.39 is 0 Å². The van der Waals surface area contributed by atoms with Crippen LogP contribution < -0.4 is 11.1 Å². The third kappa shape index (κ3) is 4.04. The van der Waals surface area contributed by atoms with E-state index in [2.05, 4.69) is 24.1 Å². The molecular formula is C14H23N3O. The third-order valence-electron chi connectivity index (χ3n) is 3.00. The van der Waals surface area contributed by atoms with Crippen LogP contribution in [0.15, 0.2) is 24.3 Å². The van der Waals surface area contributed by atoms with Crippen LogP contribution in [-0.4, -0.2) is 29.9 Å². The molecule has 4 heteroatoms. The van der Waals surface area contributed by atoms with Crippen molar-refractivity contribution in [2.75, 3.05) is 24.1 Å². The van der Waals surface area contributed by atoms with Crippen molar-refractivity contribution in [1.82, 2.24) is 4.90 Å². The molecule has 0 bridgehead atoms. The molecule has 1 atom stereocenters. The fourth-order valence-corrected chi connectivity index (χ4v) is 1.94. The fourth-order valence-electron chi connectivity index (χ4n) is 1.94. The van der Waals surface area contributed by atoms with E-state index in [-0.39, 0.29) is 11.9 Å². The Labute approximate surface area is 109 Å². The van der Waals surface area contributed by atoms with Gasteiger partial charge in [-0.2, -0.15) is 0 Å². The second kappa shape index (κ2) is 7.01. The lowest BCUT2D eigenvalue weighted by Crippen LogP contribution is -2.42. The van der Waals surface area contributed by atoms with E-state index >= 15 is 0 Å². The second-order valence-electron chi connectivity index (χ2n) is 4.42. The maximum Gasteiger partial charge on any atom is 0.241 e. The first-order valence-electron chi connectivity index (χ1n) is 6.49. The number of rotatable bonds is 6. The summed E-state index contributed by atoms with van der Waals surface area (Å²) in [6.07, 6.45) is 1.05. The number of hydrogen-bond acceptors (Lipinski definition) is 3. The van der Waals surface area contributed by atoms with Gasteiger partial charge in [0.15, 0.2) is 0 Å². The predicted molar refractivity (Wildman–Crippen MR) is 76.5 cm³/mol. The third-order valence-corrected chi connectivity index (χ3v) is 3.00. The Balaban J connectivity index is 2.64. The Hall–Kier alpha value is -1.55. The van der Waals surface area contributed by atoms with Gasteiger partial charge >= 0.3 is 0 Å². The molecule has 0 aliphatic heterocycles. The van der Waals surface area contributed by atoms with E-state index in [4.69, 9.17) is 5.73 Å². The molecule has 0 spiro atoms. The summed E-state index contributed by atoms with van der Waals surface area (Å²) >= 11 is 0. The van der Waals surface area contributed by atoms with Crippen LogP contribution in [0.4, 0.5) is 11.4 Å². The number of benzene rings is 1. The van der Waals surface area contributed by atoms with Gasteiger partial charge in [-0.15, -0.1) is 0 Å². The summed E-state index contributed by atoms with van der Waals surface area (Å²) in [5.74, 6) is 0.0101. The Morgan fingerprint density at radius 3 is 2.72 bits per heavy atom. The molecule has 0 aliphatic carbocycles. The minimum atomic E-state index is -0.128. The molecule has 0 saturated heterocycles. The fraction of sp³-hybridized carbons (Fsp3) is 0.500. The van der Waals surface area contributed by atoms with Gasteiger partial charge in [-0.3, -0.25) is 9.69 Å². The topological polar surface area (TPSA) is 58.4 Å². The first kappa shape index (κ1) is 14.5. The summed E-state index contributed by atoms with van der Waals surface area (Å²) in [6, 6.07) is 7.11. The van der Waals surface area contributed by atoms with Gasteiger partial charge in [0.25, 0.3) is 0 Å². The lowest BCUT2D eigenvalue weighted by Gasteiger charge is -2.26. The van der Waals surface area contributed by atoms with Crippen LogP contribution in [0.5, 0.6) is 0 Å². The molecule has 18 heavy (non-hydrogen) atoms. The zero-order valence-corrected chi connectivity index (χ0v) is 11.4. The lowest BCUT2D eigenvalue weighted by atomic mass is 10.2. The van der Waals surface area contributed by atoms with Crippen LogP contribution in [0.1, 0.15) is 27.2 Å². The predicted octanol–water partition coefficient (Wildman–Crippen LogP) is 2.33. The number of nitrogens with one attached hydrogen (secondary N) is 1. The number of amides is 1. The van der Waals surface area contributed by atoms with Gasteiger partial charge in [0.2, 0.25) is 5.91 Å². The number of carbonyl (C=O) groups excluding carboxylic acids is 1. The minimum Gasteiger partial charge on any atom is -0.399 e. The number of anilines is 2. The summed E-state index contributed by atoms with van der Waals surface area (Å²) in [5.41, 5.74) is 7.09. The normalized spacial score (nSPS) is 12.4. The highest BCUT2D eigenvalue weighted by Gasteiger charge is 2.19. The molecule has 0 fully saturated rings. The SMILES string of the molecule is CCCN(CC)C(C)C(=O)Nc1cccc(N)c1. The van der Waals surface area contributed by atoms with Crippen LogP contribution >= 0.6 is 0 Å². The van der Waals surface area contributed by atoms with Crippen molar-refractivity contribution >= 4 is 17.3 Å². The summed E-state index contributed by atoms with van der Waals surface area (Å²) in [4.78, 5) is 14.3. The lowest BCUT2D eigenvalue weighted by molar-refractivity contribution is -0.120. The Morgan fingerprint density at radius 1 is 1.44 bits per heavy atom. The van der Waals surface area contributed by atoms with Crippen molar-refractivity contribution in [3.8, 4) is 0 Å². The molecule has 1 rings (SSSR count). The Bertz CT molecular complexity index is 392. The minimum absolute atomic E-state index is 0.0101. The smallest absolute Gasteiger partial charge is 0.241 e. The molecule has 0 saturated carbocycles. The molecular weight excluding hydrogens is 226 g/mol. The number of nitrogens with two attached hydrogens (primary N) is 1. The summed E-state index contributed by atoms with van der Waals surface area (Å²) in [5, 5.41) is 2.90. The van der Waals surface area contributed by atoms with E-state index in [0.29, 0.717) is 5.69 Å². The molecule has 1 aromatic rings. The van der Waals surface area contributed by atoms with Crippen LogP contribution in [0.3, 0.4) is 0 Å². The maximum absolute atomic E-state index is 12.1. The standard InChI is InChI=1S/C14H23N3O/c1-4-9-17(5-2)11(3)14(18)16-13-8-6-7-12(15)10-13/h6-8,10-11H,4-5,9,15H2,1-3H3,(H,16,18). The van der Waals surface area contributed by atoms with Crippen LogP contribution in [0.2, 0.25) is 0 Å². The highest BCUT2D eigenvalue weighted by Crippen LogP contribution is 2.13. The van der Waals surface area contributed by atoms with Crippen molar-refractivity contribution < 1.29 is 4.79 Å². The summed E-state index contributed by atoms with van der Waals surface area (Å²) in [6.45, 7) is 7.92. The van der Waals surface area contributed by atoms with E-state index in [1.54, 1.807) is 12.1 Å². The van der Waals surface area contributed by atoms with E-state index in [1.807, 2.05) is 19.1 Å². The zero-order chi connectivity index (χ0) is 13.5. The van der Waals surface area contributed by atoms with Crippen molar-refractivity contribution in [2.24, 2.45) is 0 Å². The van der Waals surface area contributed by atoms with Crippen LogP contribution in [0, 0.1) is 0 Å². The number of nitrogen functional groups attached to an aromatic ring is 1. The van der Waals surface area contributed by atoms with Crippen LogP contribution in [0.25, 0.3) is 0 Å². The summed E-state index contributed by atoms with van der Waals surface area (Å²) in [7, 11) is 0. The monoisotopic (exact) mass is 249 g/mol. The van der Waals surface area contributed by atoms with Crippen molar-refractivity contribution in [3.63, 3.8) is 0 Å². The van der Waals surface area contributed by atoms with Gasteiger partial charge in [-0.1, -0.05) is 19.9 Å². The highest BCUT2D eigenvalue weighted by atomic mass is 16.2. The van der Waals surface area contributed by atoms with Gasteiger partial charge in [0, 0.05) is 11.4 Å². The molecule has 1 amide bonds. The molecule has 0 aromatic heterocycles. The van der Waals surface area contributed by atoms with Gasteiger partial charge in [-0.05, 0) is 44.6 Å². The first-order valence-corrected chi connectivity index (χ1v) is 6.49. The first-order chi connectivity index (χ1) is 8.58. The highest BCUT2D eigenvalue weighted by molar-refractivity contribution is 5.94. The molecule has 3 N–H and O–H groups in total. The average Bonchev–Trinajstić information content (AvgIpc) is 2.35. The van der Waals surface area contributed by atoms with Gasteiger partial charge in [-0.25, -0.2) is 0 Å². The molecule has 100 valence electrons. The Kier molecular flexibility index (Phi) is 5.65. The molecule has 1 unspecified atom stereocenters. The second-order valence-corrected chi connectivity index (χ2v) is 4.42.